The third-order valence-electron chi connectivity index (χ3n) is 2.73. The number of hydrogen-bond donors (Lipinski definition) is 1. The standard InChI is InChI=1S/C14H11Cl2FIN/c1-8(11-6-9(15)2-4-12(11)16)19-14-5-3-10(17)7-13(14)18/h2-8,19H,1H3. The summed E-state index contributed by atoms with van der Waals surface area (Å²) < 4.78 is 13.9. The summed E-state index contributed by atoms with van der Waals surface area (Å²) in [6.07, 6.45) is 0. The van der Waals surface area contributed by atoms with Gasteiger partial charge in [-0.2, -0.15) is 0 Å². The Balaban J connectivity index is 2.25. The number of anilines is 1. The molecule has 2 rings (SSSR count). The molecule has 0 aromatic heterocycles. The average molecular weight is 410 g/mol. The molecule has 0 aliphatic rings. The van der Waals surface area contributed by atoms with Crippen LogP contribution in [0.5, 0.6) is 0 Å². The molecule has 0 bridgehead atoms. The van der Waals surface area contributed by atoms with E-state index in [-0.39, 0.29) is 11.9 Å². The predicted octanol–water partition coefficient (Wildman–Crippen LogP) is 5.91. The van der Waals surface area contributed by atoms with E-state index in [1.807, 2.05) is 13.0 Å². The summed E-state index contributed by atoms with van der Waals surface area (Å²) in [6.45, 7) is 1.98. The van der Waals surface area contributed by atoms with Gasteiger partial charge in [-0.3, -0.25) is 0 Å². The topological polar surface area (TPSA) is 12.0 Å². The van der Waals surface area contributed by atoms with Crippen LogP contribution in [-0.2, 0) is 0 Å². The van der Waals surface area contributed by atoms with Crippen LogP contribution in [0.15, 0.2) is 36.4 Å². The van der Waals surface area contributed by atoms with Crippen LogP contribution in [-0.4, -0.2) is 0 Å². The maximum absolute atomic E-state index is 13.1. The van der Waals surface area contributed by atoms with E-state index in [0.29, 0.717) is 10.0 Å². The molecule has 0 amide bonds. The average Bonchev–Trinajstić information content (AvgIpc) is 2.35. The molecule has 2 aromatic rings. The highest BCUT2D eigenvalue weighted by Gasteiger charge is 2.12. The van der Waals surface area contributed by atoms with Gasteiger partial charge in [-0.05, 0) is 71.5 Å². The van der Waals surface area contributed by atoms with E-state index in [9.17, 15) is 4.39 Å². The van der Waals surface area contributed by atoms with Crippen molar-refractivity contribution in [2.24, 2.45) is 0 Å². The van der Waals surface area contributed by atoms with Crippen molar-refractivity contribution in [3.8, 4) is 0 Å². The molecular formula is C14H11Cl2FIN. The molecule has 100 valence electrons. The van der Waals surface area contributed by atoms with Crippen LogP contribution >= 0.6 is 45.8 Å². The SMILES string of the molecule is CC(Nc1ccc(F)cc1I)c1cc(Cl)ccc1Cl. The van der Waals surface area contributed by atoms with Crippen LogP contribution in [0.3, 0.4) is 0 Å². The largest absolute Gasteiger partial charge is 0.378 e. The van der Waals surface area contributed by atoms with Gasteiger partial charge in [0.25, 0.3) is 0 Å². The van der Waals surface area contributed by atoms with E-state index < -0.39 is 0 Å². The Hall–Kier alpha value is -0.520. The Labute approximate surface area is 135 Å². The molecule has 5 heteroatoms. The van der Waals surface area contributed by atoms with Crippen molar-refractivity contribution in [1.29, 1.82) is 0 Å². The minimum Gasteiger partial charge on any atom is -0.378 e. The Morgan fingerprint density at radius 1 is 1.16 bits per heavy atom. The van der Waals surface area contributed by atoms with Gasteiger partial charge in [0, 0.05) is 19.3 Å². The lowest BCUT2D eigenvalue weighted by Crippen LogP contribution is -2.08. The van der Waals surface area contributed by atoms with Gasteiger partial charge in [-0.15, -0.1) is 0 Å². The van der Waals surface area contributed by atoms with Gasteiger partial charge in [-0.1, -0.05) is 23.2 Å². The van der Waals surface area contributed by atoms with E-state index in [4.69, 9.17) is 23.2 Å². The van der Waals surface area contributed by atoms with Crippen LogP contribution in [0, 0.1) is 9.39 Å². The molecule has 0 radical (unpaired) electrons. The Morgan fingerprint density at radius 3 is 2.58 bits per heavy atom. The van der Waals surface area contributed by atoms with Crippen molar-refractivity contribution >= 4 is 51.5 Å². The molecule has 1 N–H and O–H groups in total. The molecule has 0 fully saturated rings. The summed E-state index contributed by atoms with van der Waals surface area (Å²) >= 11 is 14.2. The van der Waals surface area contributed by atoms with Crippen LogP contribution in [0.4, 0.5) is 10.1 Å². The molecule has 1 unspecified atom stereocenters. The number of hydrogen-bond acceptors (Lipinski definition) is 1. The van der Waals surface area contributed by atoms with E-state index in [2.05, 4.69) is 27.9 Å². The van der Waals surface area contributed by atoms with Gasteiger partial charge >= 0.3 is 0 Å². The van der Waals surface area contributed by atoms with Crippen molar-refractivity contribution < 1.29 is 4.39 Å². The Bertz CT molecular complexity index is 604. The Kier molecular flexibility index (Phi) is 4.92. The van der Waals surface area contributed by atoms with Crippen molar-refractivity contribution in [3.05, 3.63) is 61.4 Å². The van der Waals surface area contributed by atoms with Gasteiger partial charge in [0.05, 0.1) is 6.04 Å². The van der Waals surface area contributed by atoms with Gasteiger partial charge in [0.15, 0.2) is 0 Å². The van der Waals surface area contributed by atoms with E-state index in [1.54, 1.807) is 18.2 Å². The molecule has 0 spiro atoms. The first-order valence-electron chi connectivity index (χ1n) is 5.64. The zero-order chi connectivity index (χ0) is 14.0. The van der Waals surface area contributed by atoms with Gasteiger partial charge in [0.2, 0.25) is 0 Å². The summed E-state index contributed by atoms with van der Waals surface area (Å²) in [5.41, 5.74) is 1.78. The third kappa shape index (κ3) is 3.74. The molecule has 19 heavy (non-hydrogen) atoms. The molecule has 0 heterocycles. The van der Waals surface area contributed by atoms with E-state index in [1.165, 1.54) is 12.1 Å². The maximum atomic E-state index is 13.1. The van der Waals surface area contributed by atoms with Crippen molar-refractivity contribution in [2.45, 2.75) is 13.0 Å². The quantitative estimate of drug-likeness (QED) is 0.621. The highest BCUT2D eigenvalue weighted by Crippen LogP contribution is 2.30. The number of benzene rings is 2. The second-order valence-corrected chi connectivity index (χ2v) is 6.16. The van der Waals surface area contributed by atoms with Crippen LogP contribution < -0.4 is 5.32 Å². The fourth-order valence-electron chi connectivity index (χ4n) is 1.76. The summed E-state index contributed by atoms with van der Waals surface area (Å²) in [7, 11) is 0. The number of nitrogens with one attached hydrogen (secondary N) is 1. The summed E-state index contributed by atoms with van der Waals surface area (Å²) in [4.78, 5) is 0. The van der Waals surface area contributed by atoms with Crippen molar-refractivity contribution in [1.82, 2.24) is 0 Å². The molecule has 0 saturated carbocycles. The molecule has 0 aliphatic carbocycles. The minimum atomic E-state index is -0.247. The molecule has 0 saturated heterocycles. The maximum Gasteiger partial charge on any atom is 0.124 e. The first-order chi connectivity index (χ1) is 8.97. The van der Waals surface area contributed by atoms with E-state index in [0.717, 1.165) is 14.8 Å². The van der Waals surface area contributed by atoms with Gasteiger partial charge < -0.3 is 5.32 Å². The summed E-state index contributed by atoms with van der Waals surface area (Å²) in [6, 6.07) is 9.95. The van der Waals surface area contributed by atoms with Crippen LogP contribution in [0.25, 0.3) is 0 Å². The third-order valence-corrected chi connectivity index (χ3v) is 4.20. The lowest BCUT2D eigenvalue weighted by atomic mass is 10.1. The first-order valence-corrected chi connectivity index (χ1v) is 7.47. The zero-order valence-electron chi connectivity index (χ0n) is 10.1. The number of halogens is 4. The number of rotatable bonds is 3. The highest BCUT2D eigenvalue weighted by atomic mass is 127. The fraction of sp³-hybridized carbons (Fsp3) is 0.143. The second-order valence-electron chi connectivity index (χ2n) is 4.16. The molecule has 0 aliphatic heterocycles. The molecular weight excluding hydrogens is 399 g/mol. The van der Waals surface area contributed by atoms with Crippen LogP contribution in [0.2, 0.25) is 10.0 Å². The Morgan fingerprint density at radius 2 is 1.89 bits per heavy atom. The molecule has 2 aromatic carbocycles. The van der Waals surface area contributed by atoms with E-state index >= 15 is 0 Å². The van der Waals surface area contributed by atoms with Crippen molar-refractivity contribution in [2.75, 3.05) is 5.32 Å². The van der Waals surface area contributed by atoms with Gasteiger partial charge in [-0.25, -0.2) is 4.39 Å². The second kappa shape index (κ2) is 6.29. The predicted molar refractivity (Wildman–Crippen MR) is 87.6 cm³/mol. The van der Waals surface area contributed by atoms with Crippen LogP contribution in [0.1, 0.15) is 18.5 Å². The summed E-state index contributed by atoms with van der Waals surface area (Å²) in [5, 5.41) is 4.60. The zero-order valence-corrected chi connectivity index (χ0v) is 13.7. The normalized spacial score (nSPS) is 12.3. The smallest absolute Gasteiger partial charge is 0.124 e. The fourth-order valence-corrected chi connectivity index (χ4v) is 2.86. The molecule has 1 atom stereocenters. The minimum absolute atomic E-state index is 0.0230. The lowest BCUT2D eigenvalue weighted by Gasteiger charge is -2.18. The van der Waals surface area contributed by atoms with Gasteiger partial charge in [0.1, 0.15) is 5.82 Å². The highest BCUT2D eigenvalue weighted by molar-refractivity contribution is 14.1. The lowest BCUT2D eigenvalue weighted by molar-refractivity contribution is 0.627. The first kappa shape index (κ1) is 14.9. The monoisotopic (exact) mass is 409 g/mol. The summed E-state index contributed by atoms with van der Waals surface area (Å²) in [5.74, 6) is -0.247. The van der Waals surface area contributed by atoms with Crippen molar-refractivity contribution in [3.63, 3.8) is 0 Å². The molecule has 1 nitrogen and oxygen atoms in total.